The van der Waals surface area contributed by atoms with Crippen LogP contribution in [0.2, 0.25) is 5.02 Å². The lowest BCUT2D eigenvalue weighted by Crippen LogP contribution is -2.40. The molecule has 1 aliphatic rings. The third-order valence-corrected chi connectivity index (χ3v) is 4.24. The highest BCUT2D eigenvalue weighted by Crippen LogP contribution is 2.23. The fraction of sp³-hybridized carbons (Fsp3) is 0.562. The topological polar surface area (TPSA) is 29.5 Å². The third kappa shape index (κ3) is 4.42. The van der Waals surface area contributed by atoms with Gasteiger partial charge in [-0.15, -0.1) is 0 Å². The van der Waals surface area contributed by atoms with E-state index in [0.29, 0.717) is 11.5 Å². The number of rotatable bonds is 5. The van der Waals surface area contributed by atoms with Crippen LogP contribution in [0.15, 0.2) is 18.2 Å². The van der Waals surface area contributed by atoms with Crippen LogP contribution in [0.3, 0.4) is 0 Å². The maximum absolute atomic E-state index is 13.5. The minimum absolute atomic E-state index is 0.0441. The van der Waals surface area contributed by atoms with Crippen molar-refractivity contribution >= 4 is 17.5 Å². The summed E-state index contributed by atoms with van der Waals surface area (Å²) in [7, 11) is 1.70. The summed E-state index contributed by atoms with van der Waals surface area (Å²) >= 11 is 5.65. The molecule has 0 aliphatic carbocycles. The summed E-state index contributed by atoms with van der Waals surface area (Å²) in [5.41, 5.74) is 0.370. The summed E-state index contributed by atoms with van der Waals surface area (Å²) < 4.78 is 18.5. The Morgan fingerprint density at radius 1 is 1.52 bits per heavy atom. The Morgan fingerprint density at radius 3 is 3.05 bits per heavy atom. The van der Waals surface area contributed by atoms with Crippen LogP contribution in [0.4, 0.5) is 4.39 Å². The van der Waals surface area contributed by atoms with Crippen molar-refractivity contribution in [1.29, 1.82) is 0 Å². The molecule has 0 aromatic heterocycles. The van der Waals surface area contributed by atoms with Gasteiger partial charge in [0.1, 0.15) is 5.82 Å². The molecule has 1 fully saturated rings. The molecule has 1 amide bonds. The Bertz CT molecular complexity index is 495. The first-order chi connectivity index (χ1) is 10.1. The van der Waals surface area contributed by atoms with Crippen molar-refractivity contribution in [1.82, 2.24) is 4.90 Å². The number of ether oxygens (including phenoxy) is 1. The second-order valence-electron chi connectivity index (χ2n) is 5.52. The highest BCUT2D eigenvalue weighted by Gasteiger charge is 2.24. The van der Waals surface area contributed by atoms with Crippen LogP contribution in [-0.2, 0) is 4.74 Å². The average Bonchev–Trinajstić information content (AvgIpc) is 2.50. The molecule has 0 saturated carbocycles. The van der Waals surface area contributed by atoms with Gasteiger partial charge in [0.15, 0.2) is 0 Å². The molecule has 1 aromatic rings. The molecule has 116 valence electrons. The lowest BCUT2D eigenvalue weighted by Gasteiger charge is -2.33. The molecule has 0 radical (unpaired) electrons. The van der Waals surface area contributed by atoms with Crippen molar-refractivity contribution in [3.8, 4) is 0 Å². The maximum Gasteiger partial charge on any atom is 0.253 e. The van der Waals surface area contributed by atoms with Crippen molar-refractivity contribution in [3.05, 3.63) is 34.6 Å². The van der Waals surface area contributed by atoms with E-state index in [0.717, 1.165) is 45.4 Å². The van der Waals surface area contributed by atoms with Gasteiger partial charge in [-0.05, 0) is 49.8 Å². The van der Waals surface area contributed by atoms with Crippen molar-refractivity contribution in [2.45, 2.75) is 25.7 Å². The Hall–Kier alpha value is -1.13. The predicted molar refractivity (Wildman–Crippen MR) is 81.1 cm³/mol. The number of hydrogen-bond acceptors (Lipinski definition) is 2. The van der Waals surface area contributed by atoms with E-state index in [4.69, 9.17) is 16.3 Å². The van der Waals surface area contributed by atoms with Crippen molar-refractivity contribution < 1.29 is 13.9 Å². The van der Waals surface area contributed by atoms with Crippen LogP contribution in [0.1, 0.15) is 36.0 Å². The monoisotopic (exact) mass is 313 g/mol. The Balaban J connectivity index is 1.96. The zero-order valence-electron chi connectivity index (χ0n) is 12.3. The van der Waals surface area contributed by atoms with Gasteiger partial charge >= 0.3 is 0 Å². The minimum Gasteiger partial charge on any atom is -0.385 e. The van der Waals surface area contributed by atoms with Gasteiger partial charge in [0, 0.05) is 32.4 Å². The Labute approximate surface area is 130 Å². The largest absolute Gasteiger partial charge is 0.385 e. The van der Waals surface area contributed by atoms with Crippen molar-refractivity contribution in [2.24, 2.45) is 5.92 Å². The number of carbonyl (C=O) groups is 1. The summed E-state index contributed by atoms with van der Waals surface area (Å²) in [6.07, 6.45) is 4.22. The SMILES string of the molecule is COCCC[C@H]1CCCN(C(=O)c2ccc(Cl)c(F)c2)C1. The van der Waals surface area contributed by atoms with E-state index in [1.165, 1.54) is 12.1 Å². The van der Waals surface area contributed by atoms with Gasteiger partial charge in [-0.2, -0.15) is 0 Å². The van der Waals surface area contributed by atoms with Gasteiger partial charge in [-0.25, -0.2) is 4.39 Å². The highest BCUT2D eigenvalue weighted by atomic mass is 35.5. The summed E-state index contributed by atoms with van der Waals surface area (Å²) in [6, 6.07) is 4.24. The van der Waals surface area contributed by atoms with Crippen LogP contribution < -0.4 is 0 Å². The number of halogens is 2. The maximum atomic E-state index is 13.5. The smallest absolute Gasteiger partial charge is 0.253 e. The quantitative estimate of drug-likeness (QED) is 0.775. The Kier molecular flexibility index (Phi) is 6.00. The minimum atomic E-state index is -0.545. The fourth-order valence-electron chi connectivity index (χ4n) is 2.81. The van der Waals surface area contributed by atoms with Gasteiger partial charge in [0.2, 0.25) is 0 Å². The van der Waals surface area contributed by atoms with E-state index in [9.17, 15) is 9.18 Å². The Morgan fingerprint density at radius 2 is 2.33 bits per heavy atom. The van der Waals surface area contributed by atoms with E-state index in [1.54, 1.807) is 13.2 Å². The van der Waals surface area contributed by atoms with E-state index < -0.39 is 5.82 Å². The van der Waals surface area contributed by atoms with E-state index in [2.05, 4.69) is 0 Å². The molecular formula is C16H21ClFNO2. The summed E-state index contributed by atoms with van der Waals surface area (Å²) in [6.45, 7) is 2.24. The van der Waals surface area contributed by atoms with Crippen LogP contribution >= 0.6 is 11.6 Å². The lowest BCUT2D eigenvalue weighted by atomic mass is 9.93. The van der Waals surface area contributed by atoms with Crippen LogP contribution in [0, 0.1) is 11.7 Å². The predicted octanol–water partition coefficient (Wildman–Crippen LogP) is 3.76. The number of likely N-dealkylation sites (tertiary alicyclic amines) is 1. The number of carbonyl (C=O) groups excluding carboxylic acids is 1. The standard InChI is InChI=1S/C16H21ClFNO2/c1-21-9-3-5-12-4-2-8-19(11-12)16(20)13-6-7-14(17)15(18)10-13/h6-7,10,12H,2-5,8-9,11H2,1H3/t12-/m1/s1. The molecule has 0 N–H and O–H groups in total. The van der Waals surface area contributed by atoms with E-state index >= 15 is 0 Å². The zero-order chi connectivity index (χ0) is 15.2. The third-order valence-electron chi connectivity index (χ3n) is 3.93. The number of nitrogens with zero attached hydrogens (tertiary/aromatic N) is 1. The van der Waals surface area contributed by atoms with Crippen LogP contribution in [0.25, 0.3) is 0 Å². The first-order valence-electron chi connectivity index (χ1n) is 7.35. The van der Waals surface area contributed by atoms with Crippen molar-refractivity contribution in [3.63, 3.8) is 0 Å². The molecule has 0 bridgehead atoms. The molecule has 0 unspecified atom stereocenters. The van der Waals surface area contributed by atoms with Crippen LogP contribution in [0.5, 0.6) is 0 Å². The molecule has 1 heterocycles. The first kappa shape index (κ1) is 16.2. The van der Waals surface area contributed by atoms with Gasteiger partial charge < -0.3 is 9.64 Å². The average molecular weight is 314 g/mol. The molecule has 0 spiro atoms. The van der Waals surface area contributed by atoms with Crippen molar-refractivity contribution in [2.75, 3.05) is 26.8 Å². The van der Waals surface area contributed by atoms with Gasteiger partial charge in [0.05, 0.1) is 5.02 Å². The number of hydrogen-bond donors (Lipinski definition) is 0. The molecule has 5 heteroatoms. The molecule has 3 nitrogen and oxygen atoms in total. The van der Waals surface area contributed by atoms with E-state index in [-0.39, 0.29) is 10.9 Å². The molecule has 1 aliphatic heterocycles. The van der Waals surface area contributed by atoms with Gasteiger partial charge in [-0.1, -0.05) is 11.6 Å². The summed E-state index contributed by atoms with van der Waals surface area (Å²) in [4.78, 5) is 14.3. The zero-order valence-corrected chi connectivity index (χ0v) is 13.0. The van der Waals surface area contributed by atoms with E-state index in [1.807, 2.05) is 4.90 Å². The molecule has 2 rings (SSSR count). The second kappa shape index (κ2) is 7.76. The normalized spacial score (nSPS) is 18.8. The summed E-state index contributed by atoms with van der Waals surface area (Å²) in [5, 5.41) is 0.0441. The number of methoxy groups -OCH3 is 1. The first-order valence-corrected chi connectivity index (χ1v) is 7.73. The lowest BCUT2D eigenvalue weighted by molar-refractivity contribution is 0.0660. The number of amides is 1. The van der Waals surface area contributed by atoms with Gasteiger partial charge in [-0.3, -0.25) is 4.79 Å². The summed E-state index contributed by atoms with van der Waals surface area (Å²) in [5.74, 6) is -0.145. The molecular weight excluding hydrogens is 293 g/mol. The fourth-order valence-corrected chi connectivity index (χ4v) is 2.93. The molecule has 21 heavy (non-hydrogen) atoms. The molecule has 1 atom stereocenters. The highest BCUT2D eigenvalue weighted by molar-refractivity contribution is 6.30. The van der Waals surface area contributed by atoms with Crippen LogP contribution in [-0.4, -0.2) is 37.6 Å². The number of piperidine rings is 1. The second-order valence-corrected chi connectivity index (χ2v) is 5.93. The van der Waals surface area contributed by atoms with Gasteiger partial charge in [0.25, 0.3) is 5.91 Å². The molecule has 1 saturated heterocycles. The number of benzene rings is 1. The molecule has 1 aromatic carbocycles.